The van der Waals surface area contributed by atoms with E-state index in [1.807, 2.05) is 6.07 Å². The minimum Gasteiger partial charge on any atom is -0.237 e. The number of nitrogens with zero attached hydrogens (tertiary/aromatic N) is 2. The number of halogens is 3. The van der Waals surface area contributed by atoms with E-state index in [1.54, 1.807) is 61.5 Å². The van der Waals surface area contributed by atoms with Gasteiger partial charge in [0, 0.05) is 11.3 Å². The van der Waals surface area contributed by atoms with Crippen molar-refractivity contribution in [3.8, 4) is 16.8 Å². The lowest BCUT2D eigenvalue weighted by Crippen LogP contribution is -2.08. The Balaban J connectivity index is 2.27. The summed E-state index contributed by atoms with van der Waals surface area (Å²) in [7, 11) is 0. The summed E-state index contributed by atoms with van der Waals surface area (Å²) in [4.78, 5) is 0. The quantitative estimate of drug-likeness (QED) is 0.660. The highest BCUT2D eigenvalue weighted by Gasteiger charge is 2.39. The summed E-state index contributed by atoms with van der Waals surface area (Å²) >= 11 is 0. The third-order valence-electron chi connectivity index (χ3n) is 3.45. The molecule has 3 rings (SSSR count). The van der Waals surface area contributed by atoms with Crippen molar-refractivity contribution >= 4 is 0 Å². The number of hydrogen-bond acceptors (Lipinski definition) is 1. The molecule has 3 aromatic rings. The Labute approximate surface area is 125 Å². The van der Waals surface area contributed by atoms with Gasteiger partial charge in [-0.2, -0.15) is 18.3 Å². The molecule has 0 aliphatic carbocycles. The van der Waals surface area contributed by atoms with Gasteiger partial charge < -0.3 is 0 Å². The molecule has 0 saturated heterocycles. The van der Waals surface area contributed by atoms with Crippen LogP contribution in [0.1, 0.15) is 11.4 Å². The predicted molar refractivity (Wildman–Crippen MR) is 78.7 cm³/mol. The molecule has 0 saturated carbocycles. The Hall–Kier alpha value is -2.56. The fourth-order valence-corrected chi connectivity index (χ4v) is 2.47. The Morgan fingerprint density at radius 3 is 1.95 bits per heavy atom. The number of rotatable bonds is 2. The van der Waals surface area contributed by atoms with Crippen LogP contribution >= 0.6 is 0 Å². The Kier molecular flexibility index (Phi) is 3.48. The molecule has 0 unspecified atom stereocenters. The van der Waals surface area contributed by atoms with Crippen molar-refractivity contribution < 1.29 is 13.2 Å². The lowest BCUT2D eigenvalue weighted by Gasteiger charge is -2.07. The van der Waals surface area contributed by atoms with Gasteiger partial charge in [-0.05, 0) is 24.6 Å². The van der Waals surface area contributed by atoms with E-state index in [0.717, 1.165) is 0 Å². The van der Waals surface area contributed by atoms with Crippen LogP contribution in [-0.4, -0.2) is 9.78 Å². The minimum absolute atomic E-state index is 0.122. The van der Waals surface area contributed by atoms with Crippen LogP contribution in [0.5, 0.6) is 0 Å². The van der Waals surface area contributed by atoms with Crippen LogP contribution in [-0.2, 0) is 6.18 Å². The van der Waals surface area contributed by atoms with Gasteiger partial charge >= 0.3 is 6.18 Å². The van der Waals surface area contributed by atoms with E-state index in [1.165, 1.54) is 4.68 Å². The molecule has 0 spiro atoms. The monoisotopic (exact) mass is 302 g/mol. The Morgan fingerprint density at radius 2 is 1.41 bits per heavy atom. The number of hydrogen-bond donors (Lipinski definition) is 0. The molecule has 1 heterocycles. The van der Waals surface area contributed by atoms with E-state index in [9.17, 15) is 13.2 Å². The molecule has 5 heteroatoms. The molecule has 0 radical (unpaired) electrons. The molecule has 2 nitrogen and oxygen atoms in total. The third kappa shape index (κ3) is 2.50. The van der Waals surface area contributed by atoms with Gasteiger partial charge in [0.05, 0.1) is 5.69 Å². The fraction of sp³-hybridized carbons (Fsp3) is 0.118. The second-order valence-electron chi connectivity index (χ2n) is 4.92. The Morgan fingerprint density at radius 1 is 0.864 bits per heavy atom. The SMILES string of the molecule is Cc1c(-c2ccccc2)c(C(F)(F)F)nn1-c1ccccc1. The Bertz CT molecular complexity index is 775. The first-order chi connectivity index (χ1) is 10.5. The number of benzene rings is 2. The highest BCUT2D eigenvalue weighted by Crippen LogP contribution is 2.38. The van der Waals surface area contributed by atoms with Crippen LogP contribution in [0, 0.1) is 6.92 Å². The van der Waals surface area contributed by atoms with Gasteiger partial charge in [0.15, 0.2) is 5.69 Å². The van der Waals surface area contributed by atoms with Crippen LogP contribution in [0.4, 0.5) is 13.2 Å². The fourth-order valence-electron chi connectivity index (χ4n) is 2.47. The minimum atomic E-state index is -4.50. The van der Waals surface area contributed by atoms with E-state index >= 15 is 0 Å². The summed E-state index contributed by atoms with van der Waals surface area (Å²) in [6, 6.07) is 17.3. The first-order valence-corrected chi connectivity index (χ1v) is 6.76. The number of aromatic nitrogens is 2. The summed E-state index contributed by atoms with van der Waals surface area (Å²) in [5.41, 5.74) is 0.837. The summed E-state index contributed by atoms with van der Waals surface area (Å²) in [5.74, 6) is 0. The van der Waals surface area contributed by atoms with Gasteiger partial charge in [-0.3, -0.25) is 0 Å². The van der Waals surface area contributed by atoms with E-state index in [2.05, 4.69) is 5.10 Å². The van der Waals surface area contributed by atoms with Crippen molar-refractivity contribution in [1.82, 2.24) is 9.78 Å². The zero-order valence-corrected chi connectivity index (χ0v) is 11.8. The second-order valence-corrected chi connectivity index (χ2v) is 4.92. The van der Waals surface area contributed by atoms with Gasteiger partial charge in [-0.15, -0.1) is 0 Å². The van der Waals surface area contributed by atoms with Crippen LogP contribution < -0.4 is 0 Å². The van der Waals surface area contributed by atoms with E-state index in [4.69, 9.17) is 0 Å². The standard InChI is InChI=1S/C17H13F3N2/c1-12-15(13-8-4-2-5-9-13)16(17(18,19)20)21-22(12)14-10-6-3-7-11-14/h2-11H,1H3. The van der Waals surface area contributed by atoms with Crippen LogP contribution in [0.25, 0.3) is 16.8 Å². The maximum absolute atomic E-state index is 13.4. The lowest BCUT2D eigenvalue weighted by atomic mass is 10.0. The van der Waals surface area contributed by atoms with Gasteiger partial charge in [-0.25, -0.2) is 4.68 Å². The van der Waals surface area contributed by atoms with Crippen LogP contribution in [0.15, 0.2) is 60.7 Å². The first kappa shape index (κ1) is 14.4. The molecule has 112 valence electrons. The topological polar surface area (TPSA) is 17.8 Å². The molecular formula is C17H13F3N2. The summed E-state index contributed by atoms with van der Waals surface area (Å²) in [6.07, 6.45) is -4.50. The molecule has 0 N–H and O–H groups in total. The highest BCUT2D eigenvalue weighted by molar-refractivity contribution is 5.70. The van der Waals surface area contributed by atoms with Crippen molar-refractivity contribution in [1.29, 1.82) is 0 Å². The summed E-state index contributed by atoms with van der Waals surface area (Å²) in [6.45, 7) is 1.65. The maximum Gasteiger partial charge on any atom is 0.435 e. The van der Waals surface area contributed by atoms with Crippen molar-refractivity contribution in [2.75, 3.05) is 0 Å². The van der Waals surface area contributed by atoms with E-state index < -0.39 is 11.9 Å². The van der Waals surface area contributed by atoms with Crippen molar-refractivity contribution in [2.45, 2.75) is 13.1 Å². The molecule has 0 atom stereocenters. The molecule has 0 aliphatic heterocycles. The second kappa shape index (κ2) is 5.33. The van der Waals surface area contributed by atoms with E-state index in [-0.39, 0.29) is 5.56 Å². The van der Waals surface area contributed by atoms with Crippen LogP contribution in [0.3, 0.4) is 0 Å². The van der Waals surface area contributed by atoms with Gasteiger partial charge in [0.1, 0.15) is 0 Å². The number of alkyl halides is 3. The molecule has 0 bridgehead atoms. The molecule has 0 aliphatic rings. The van der Waals surface area contributed by atoms with Crippen molar-refractivity contribution in [3.63, 3.8) is 0 Å². The average Bonchev–Trinajstić information content (AvgIpc) is 2.87. The normalized spacial score (nSPS) is 11.6. The van der Waals surface area contributed by atoms with E-state index in [0.29, 0.717) is 16.9 Å². The maximum atomic E-state index is 13.4. The first-order valence-electron chi connectivity index (χ1n) is 6.76. The van der Waals surface area contributed by atoms with Crippen molar-refractivity contribution in [2.24, 2.45) is 0 Å². The van der Waals surface area contributed by atoms with Gasteiger partial charge in [0.25, 0.3) is 0 Å². The lowest BCUT2D eigenvalue weighted by molar-refractivity contribution is -0.140. The van der Waals surface area contributed by atoms with Crippen molar-refractivity contribution in [3.05, 3.63) is 72.1 Å². The molecular weight excluding hydrogens is 289 g/mol. The summed E-state index contributed by atoms with van der Waals surface area (Å²) in [5, 5.41) is 3.82. The largest absolute Gasteiger partial charge is 0.435 e. The zero-order valence-electron chi connectivity index (χ0n) is 11.8. The van der Waals surface area contributed by atoms with Gasteiger partial charge in [0.2, 0.25) is 0 Å². The highest BCUT2D eigenvalue weighted by atomic mass is 19.4. The summed E-state index contributed by atoms with van der Waals surface area (Å²) < 4.78 is 41.4. The zero-order chi connectivity index (χ0) is 15.7. The van der Waals surface area contributed by atoms with Gasteiger partial charge in [-0.1, -0.05) is 48.5 Å². The number of para-hydroxylation sites is 1. The molecule has 0 amide bonds. The predicted octanol–water partition coefficient (Wildman–Crippen LogP) is 4.87. The third-order valence-corrected chi connectivity index (χ3v) is 3.45. The van der Waals surface area contributed by atoms with Crippen LogP contribution in [0.2, 0.25) is 0 Å². The smallest absolute Gasteiger partial charge is 0.237 e. The molecule has 1 aromatic heterocycles. The molecule has 22 heavy (non-hydrogen) atoms. The molecule has 0 fully saturated rings. The molecule has 2 aromatic carbocycles. The average molecular weight is 302 g/mol.